The number of thioether (sulfide) groups is 1. The largest absolute Gasteiger partial charge is 0.385 e. The van der Waals surface area contributed by atoms with E-state index in [-0.39, 0.29) is 12.5 Å². The predicted octanol–water partition coefficient (Wildman–Crippen LogP) is 2.22. The molecule has 1 aliphatic carbocycles. The summed E-state index contributed by atoms with van der Waals surface area (Å²) in [5.41, 5.74) is 0.322. The van der Waals surface area contributed by atoms with Crippen molar-refractivity contribution in [3.8, 4) is 0 Å². The van der Waals surface area contributed by atoms with Gasteiger partial charge >= 0.3 is 0 Å². The Kier molecular flexibility index (Phi) is 8.94. The molecule has 1 saturated carbocycles. The fourth-order valence-electron chi connectivity index (χ4n) is 2.60. The monoisotopic (exact) mass is 392 g/mol. The van der Waals surface area contributed by atoms with Crippen LogP contribution in [0, 0.1) is 5.41 Å². The van der Waals surface area contributed by atoms with E-state index in [2.05, 4.69) is 27.8 Å². The van der Waals surface area contributed by atoms with Crippen LogP contribution in [0.3, 0.4) is 0 Å². The van der Waals surface area contributed by atoms with Crippen molar-refractivity contribution < 1.29 is 9.53 Å². The molecule has 1 aliphatic rings. The third kappa shape index (κ3) is 8.22. The molecule has 0 radical (unpaired) electrons. The molecule has 0 saturated heterocycles. The van der Waals surface area contributed by atoms with E-state index >= 15 is 0 Å². The third-order valence-corrected chi connectivity index (χ3v) is 5.72. The topological polar surface area (TPSA) is 66.0 Å². The summed E-state index contributed by atoms with van der Waals surface area (Å²) >= 11 is 1.80. The Balaban J connectivity index is 1.81. The number of benzene rings is 1. The maximum Gasteiger partial charge on any atom is 0.243 e. The minimum absolute atomic E-state index is 0.00437. The Morgan fingerprint density at radius 3 is 2.63 bits per heavy atom. The maximum absolute atomic E-state index is 11.9. The van der Waals surface area contributed by atoms with Gasteiger partial charge in [0.2, 0.25) is 5.91 Å². The molecule has 2 N–H and O–H groups in total. The molecule has 0 aromatic heterocycles. The summed E-state index contributed by atoms with van der Waals surface area (Å²) in [5.74, 6) is 1.64. The maximum atomic E-state index is 11.9. The van der Waals surface area contributed by atoms with Crippen LogP contribution >= 0.6 is 11.8 Å². The van der Waals surface area contributed by atoms with Crippen LogP contribution in [0.4, 0.5) is 0 Å². The van der Waals surface area contributed by atoms with Gasteiger partial charge in [0.05, 0.1) is 0 Å². The summed E-state index contributed by atoms with van der Waals surface area (Å²) in [4.78, 5) is 19.1. The summed E-state index contributed by atoms with van der Waals surface area (Å²) in [6.45, 7) is 2.59. The molecule has 27 heavy (non-hydrogen) atoms. The molecule has 6 nitrogen and oxygen atoms in total. The highest BCUT2D eigenvalue weighted by Gasteiger charge is 2.41. The Morgan fingerprint density at radius 2 is 2.00 bits per heavy atom. The van der Waals surface area contributed by atoms with Crippen LogP contribution < -0.4 is 10.6 Å². The average Bonchev–Trinajstić information content (AvgIpc) is 3.45. The fraction of sp³-hybridized carbons (Fsp3) is 0.600. The van der Waals surface area contributed by atoms with Gasteiger partial charge in [-0.3, -0.25) is 4.79 Å². The molecule has 150 valence electrons. The van der Waals surface area contributed by atoms with E-state index in [0.29, 0.717) is 11.4 Å². The van der Waals surface area contributed by atoms with Crippen LogP contribution in [0.1, 0.15) is 19.3 Å². The molecule has 0 heterocycles. The number of ether oxygens (including phenoxy) is 1. The standard InChI is InChI=1S/C20H32N4O2S/c1-24(2)18(25)15-22-19(23-16-20(9-10-20)11-13-26-3)21-12-14-27-17-7-5-4-6-8-17/h4-8H,9-16H2,1-3H3,(H2,21,22,23). The second-order valence-corrected chi connectivity index (χ2v) is 8.31. The molecule has 1 aromatic carbocycles. The Morgan fingerprint density at radius 1 is 1.26 bits per heavy atom. The summed E-state index contributed by atoms with van der Waals surface area (Å²) in [7, 11) is 5.24. The number of methoxy groups -OCH3 is 1. The van der Waals surface area contributed by atoms with Crippen LogP contribution in [0.2, 0.25) is 0 Å². The molecular weight excluding hydrogens is 360 g/mol. The zero-order valence-corrected chi connectivity index (χ0v) is 17.5. The lowest BCUT2D eigenvalue weighted by molar-refractivity contribution is -0.127. The Bertz CT molecular complexity index is 603. The number of hydrogen-bond donors (Lipinski definition) is 2. The fourth-order valence-corrected chi connectivity index (χ4v) is 3.39. The Hall–Kier alpha value is -1.73. The normalized spacial score (nSPS) is 15.3. The first kappa shape index (κ1) is 21.6. The van der Waals surface area contributed by atoms with Gasteiger partial charge in [0.25, 0.3) is 0 Å². The SMILES string of the molecule is COCCC1(CNC(=NCC(=O)N(C)C)NCCSc2ccccc2)CC1. The van der Waals surface area contributed by atoms with Gasteiger partial charge in [0.1, 0.15) is 6.54 Å². The van der Waals surface area contributed by atoms with E-state index in [4.69, 9.17) is 4.74 Å². The van der Waals surface area contributed by atoms with Gasteiger partial charge in [0, 0.05) is 51.5 Å². The summed E-state index contributed by atoms with van der Waals surface area (Å²) in [5, 5.41) is 6.78. The smallest absolute Gasteiger partial charge is 0.243 e. The molecule has 0 unspecified atom stereocenters. The average molecular weight is 393 g/mol. The molecule has 1 fully saturated rings. The lowest BCUT2D eigenvalue weighted by Crippen LogP contribution is -2.42. The van der Waals surface area contributed by atoms with Crippen molar-refractivity contribution in [2.24, 2.45) is 10.4 Å². The van der Waals surface area contributed by atoms with E-state index in [1.165, 1.54) is 17.7 Å². The summed E-state index contributed by atoms with van der Waals surface area (Å²) < 4.78 is 5.22. The van der Waals surface area contributed by atoms with Gasteiger partial charge in [-0.05, 0) is 36.8 Å². The number of guanidine groups is 1. The molecule has 0 atom stereocenters. The van der Waals surface area contributed by atoms with E-state index in [9.17, 15) is 4.79 Å². The van der Waals surface area contributed by atoms with Gasteiger partial charge in [-0.15, -0.1) is 11.8 Å². The van der Waals surface area contributed by atoms with Crippen LogP contribution in [-0.4, -0.2) is 70.0 Å². The van der Waals surface area contributed by atoms with Crippen molar-refractivity contribution in [2.45, 2.75) is 24.2 Å². The lowest BCUT2D eigenvalue weighted by Gasteiger charge is -2.19. The second kappa shape index (κ2) is 11.2. The highest BCUT2D eigenvalue weighted by molar-refractivity contribution is 7.99. The molecule has 0 spiro atoms. The number of carbonyl (C=O) groups excluding carboxylic acids is 1. The first-order valence-corrected chi connectivity index (χ1v) is 10.4. The third-order valence-electron chi connectivity index (χ3n) is 4.70. The van der Waals surface area contributed by atoms with Crippen LogP contribution in [0.5, 0.6) is 0 Å². The first-order chi connectivity index (χ1) is 13.0. The predicted molar refractivity (Wildman–Crippen MR) is 112 cm³/mol. The number of nitrogens with zero attached hydrogens (tertiary/aromatic N) is 2. The first-order valence-electron chi connectivity index (χ1n) is 9.44. The number of hydrogen-bond acceptors (Lipinski definition) is 4. The number of nitrogens with one attached hydrogen (secondary N) is 2. The van der Waals surface area contributed by atoms with Crippen LogP contribution in [0.15, 0.2) is 40.2 Å². The van der Waals surface area contributed by atoms with Gasteiger partial charge < -0.3 is 20.3 Å². The molecule has 1 aromatic rings. The minimum atomic E-state index is -0.00437. The van der Waals surface area contributed by atoms with Gasteiger partial charge in [0.15, 0.2) is 5.96 Å². The van der Waals surface area contributed by atoms with Crippen molar-refractivity contribution in [1.82, 2.24) is 15.5 Å². The minimum Gasteiger partial charge on any atom is -0.385 e. The highest BCUT2D eigenvalue weighted by atomic mass is 32.2. The van der Waals surface area contributed by atoms with Gasteiger partial charge in [-0.25, -0.2) is 4.99 Å². The Labute approximate surface area is 167 Å². The number of aliphatic imine (C=N–C) groups is 1. The van der Waals surface area contributed by atoms with Crippen molar-refractivity contribution in [3.05, 3.63) is 30.3 Å². The van der Waals surface area contributed by atoms with Gasteiger partial charge in [-0.1, -0.05) is 18.2 Å². The van der Waals surface area contributed by atoms with E-state index in [0.717, 1.165) is 31.9 Å². The molecule has 0 bridgehead atoms. The van der Waals surface area contributed by atoms with Crippen molar-refractivity contribution >= 4 is 23.6 Å². The number of likely N-dealkylation sites (N-methyl/N-ethyl adjacent to an activating group) is 1. The van der Waals surface area contributed by atoms with Crippen LogP contribution in [-0.2, 0) is 9.53 Å². The van der Waals surface area contributed by atoms with Crippen LogP contribution in [0.25, 0.3) is 0 Å². The van der Waals surface area contributed by atoms with E-state index < -0.39 is 0 Å². The number of amides is 1. The zero-order chi connectivity index (χ0) is 19.5. The molecule has 7 heteroatoms. The van der Waals surface area contributed by atoms with E-state index in [1.807, 2.05) is 18.2 Å². The second-order valence-electron chi connectivity index (χ2n) is 7.14. The molecule has 2 rings (SSSR count). The number of carbonyl (C=O) groups is 1. The summed E-state index contributed by atoms with van der Waals surface area (Å²) in [6.07, 6.45) is 3.50. The lowest BCUT2D eigenvalue weighted by atomic mass is 10.0. The summed E-state index contributed by atoms with van der Waals surface area (Å²) in [6, 6.07) is 10.3. The van der Waals surface area contributed by atoms with Crippen molar-refractivity contribution in [2.75, 3.05) is 53.2 Å². The van der Waals surface area contributed by atoms with Gasteiger partial charge in [-0.2, -0.15) is 0 Å². The quantitative estimate of drug-likeness (QED) is 0.262. The highest BCUT2D eigenvalue weighted by Crippen LogP contribution is 2.48. The van der Waals surface area contributed by atoms with Crippen molar-refractivity contribution in [1.29, 1.82) is 0 Å². The molecule has 1 amide bonds. The van der Waals surface area contributed by atoms with Crippen molar-refractivity contribution in [3.63, 3.8) is 0 Å². The van der Waals surface area contributed by atoms with E-state index in [1.54, 1.807) is 37.9 Å². The zero-order valence-electron chi connectivity index (χ0n) is 16.7. The number of rotatable bonds is 11. The molecular formula is C20H32N4O2S. The molecule has 0 aliphatic heterocycles.